The standard InChI is InChI=1S/C24H17N.BH2O2/c1-2-8-18(9-3-1)19-14-16-20(17-15-19)25-23-12-6-4-10-21(23)22-11-5-7-13-24(22)25;2-1-3/h1-17H;2-3H. The highest BCUT2D eigenvalue weighted by Gasteiger charge is 2.11. The van der Waals surface area contributed by atoms with Crippen LogP contribution in [-0.2, 0) is 0 Å². The first-order valence-corrected chi connectivity index (χ1v) is 9.07. The fraction of sp³-hybridized carbons (Fsp3) is 0. The Kier molecular flexibility index (Phi) is 5.24. The summed E-state index contributed by atoms with van der Waals surface area (Å²) in [6, 6.07) is 36.6. The van der Waals surface area contributed by atoms with Gasteiger partial charge in [0.15, 0.2) is 0 Å². The molecule has 0 bridgehead atoms. The van der Waals surface area contributed by atoms with E-state index in [1.54, 1.807) is 0 Å². The lowest BCUT2D eigenvalue weighted by molar-refractivity contribution is 0.448. The Morgan fingerprint density at radius 3 is 1.46 bits per heavy atom. The molecule has 0 aliphatic carbocycles. The van der Waals surface area contributed by atoms with Crippen LogP contribution in [0.25, 0.3) is 38.6 Å². The molecule has 0 aliphatic heterocycles. The van der Waals surface area contributed by atoms with E-state index in [0.717, 1.165) is 0 Å². The predicted molar refractivity (Wildman–Crippen MR) is 116 cm³/mol. The van der Waals surface area contributed by atoms with E-state index < -0.39 is 0 Å². The lowest BCUT2D eigenvalue weighted by atomic mass is 10.1. The maximum atomic E-state index is 7.00. The minimum atomic E-state index is 0. The molecule has 5 rings (SSSR count). The van der Waals surface area contributed by atoms with Gasteiger partial charge in [-0.1, -0.05) is 78.9 Å². The van der Waals surface area contributed by atoms with Crippen molar-refractivity contribution in [3.63, 3.8) is 0 Å². The van der Waals surface area contributed by atoms with Crippen molar-refractivity contribution in [2.75, 3.05) is 0 Å². The monoisotopic (exact) mass is 364 g/mol. The second-order valence-electron chi connectivity index (χ2n) is 6.40. The molecule has 1 aromatic heterocycles. The first-order valence-electron chi connectivity index (χ1n) is 9.07. The average Bonchev–Trinajstić information content (AvgIpc) is 3.10. The van der Waals surface area contributed by atoms with Crippen molar-refractivity contribution in [3.8, 4) is 16.8 Å². The zero-order valence-corrected chi connectivity index (χ0v) is 15.2. The summed E-state index contributed by atoms with van der Waals surface area (Å²) < 4.78 is 2.35. The third kappa shape index (κ3) is 3.31. The maximum absolute atomic E-state index is 7.00. The van der Waals surface area contributed by atoms with Crippen molar-refractivity contribution in [2.24, 2.45) is 0 Å². The molecule has 0 unspecified atom stereocenters. The van der Waals surface area contributed by atoms with Crippen molar-refractivity contribution < 1.29 is 10.0 Å². The predicted octanol–water partition coefficient (Wildman–Crippen LogP) is 4.96. The van der Waals surface area contributed by atoms with Crippen LogP contribution in [0.4, 0.5) is 0 Å². The zero-order valence-electron chi connectivity index (χ0n) is 15.2. The van der Waals surface area contributed by atoms with Gasteiger partial charge in [-0.25, -0.2) is 0 Å². The number of fused-ring (bicyclic) bond motifs is 3. The lowest BCUT2D eigenvalue weighted by Gasteiger charge is -2.09. The first kappa shape index (κ1) is 18.0. The summed E-state index contributed by atoms with van der Waals surface area (Å²) >= 11 is 0. The third-order valence-electron chi connectivity index (χ3n) is 4.81. The van der Waals surface area contributed by atoms with Crippen molar-refractivity contribution in [3.05, 3.63) is 103 Å². The van der Waals surface area contributed by atoms with Crippen LogP contribution in [0.1, 0.15) is 0 Å². The number of para-hydroxylation sites is 2. The van der Waals surface area contributed by atoms with Crippen LogP contribution in [0.15, 0.2) is 103 Å². The quantitative estimate of drug-likeness (QED) is 0.435. The van der Waals surface area contributed by atoms with Gasteiger partial charge in [0.1, 0.15) is 0 Å². The van der Waals surface area contributed by atoms with Gasteiger partial charge in [0.05, 0.1) is 11.0 Å². The molecule has 0 spiro atoms. The molecule has 1 heterocycles. The Bertz CT molecular complexity index is 1140. The largest absolute Gasteiger partial charge is 0.482 e. The first-order chi connectivity index (χ1) is 13.8. The van der Waals surface area contributed by atoms with E-state index in [-0.39, 0.29) is 7.69 Å². The summed E-state index contributed by atoms with van der Waals surface area (Å²) in [5, 5.41) is 16.6. The topological polar surface area (TPSA) is 45.4 Å². The summed E-state index contributed by atoms with van der Waals surface area (Å²) in [5.41, 5.74) is 6.17. The van der Waals surface area contributed by atoms with Gasteiger partial charge in [0.2, 0.25) is 0 Å². The third-order valence-corrected chi connectivity index (χ3v) is 4.81. The number of rotatable bonds is 2. The van der Waals surface area contributed by atoms with Gasteiger partial charge in [-0.15, -0.1) is 0 Å². The molecular weight excluding hydrogens is 345 g/mol. The van der Waals surface area contributed by atoms with Gasteiger partial charge in [0, 0.05) is 16.5 Å². The SMILES string of the molecule is O[B]O.c1ccc(-c2ccc(-n3c4ccccc4c4ccccc43)cc2)cc1. The minimum Gasteiger partial charge on any atom is -0.429 e. The Morgan fingerprint density at radius 1 is 0.500 bits per heavy atom. The Hall–Kier alpha value is -3.34. The van der Waals surface area contributed by atoms with E-state index in [0.29, 0.717) is 0 Å². The number of hydrogen-bond acceptors (Lipinski definition) is 2. The number of aromatic nitrogens is 1. The minimum absolute atomic E-state index is 0. The molecule has 3 nitrogen and oxygen atoms in total. The molecule has 0 atom stereocenters. The second kappa shape index (κ2) is 8.13. The molecule has 5 aromatic rings. The van der Waals surface area contributed by atoms with Crippen LogP contribution < -0.4 is 0 Å². The van der Waals surface area contributed by atoms with Crippen LogP contribution >= 0.6 is 0 Å². The summed E-state index contributed by atoms with van der Waals surface area (Å²) in [6.07, 6.45) is 0. The molecule has 28 heavy (non-hydrogen) atoms. The summed E-state index contributed by atoms with van der Waals surface area (Å²) in [4.78, 5) is 0. The fourth-order valence-corrected chi connectivity index (χ4v) is 3.63. The van der Waals surface area contributed by atoms with E-state index in [4.69, 9.17) is 10.0 Å². The normalized spacial score (nSPS) is 10.5. The van der Waals surface area contributed by atoms with Crippen LogP contribution in [0.3, 0.4) is 0 Å². The Balaban J connectivity index is 0.000000604. The van der Waals surface area contributed by atoms with Crippen molar-refractivity contribution in [2.45, 2.75) is 0 Å². The Labute approximate surface area is 164 Å². The highest BCUT2D eigenvalue weighted by molar-refractivity contribution is 6.13. The number of benzene rings is 4. The second-order valence-corrected chi connectivity index (χ2v) is 6.40. The molecule has 135 valence electrons. The summed E-state index contributed by atoms with van der Waals surface area (Å²) in [7, 11) is 0. The molecule has 1 radical (unpaired) electrons. The molecule has 0 saturated carbocycles. The van der Waals surface area contributed by atoms with E-state index in [9.17, 15) is 0 Å². The van der Waals surface area contributed by atoms with E-state index in [1.165, 1.54) is 38.6 Å². The number of nitrogens with zero attached hydrogens (tertiary/aromatic N) is 1. The van der Waals surface area contributed by atoms with Gasteiger partial charge >= 0.3 is 7.69 Å². The van der Waals surface area contributed by atoms with Crippen LogP contribution in [0.2, 0.25) is 0 Å². The Morgan fingerprint density at radius 2 is 0.929 bits per heavy atom. The molecule has 4 heteroatoms. The molecular formula is C24H19BNO2. The zero-order chi connectivity index (χ0) is 19.3. The van der Waals surface area contributed by atoms with Crippen LogP contribution in [-0.4, -0.2) is 22.3 Å². The van der Waals surface area contributed by atoms with Gasteiger partial charge in [0.25, 0.3) is 0 Å². The molecule has 0 saturated heterocycles. The smallest absolute Gasteiger partial charge is 0.429 e. The van der Waals surface area contributed by atoms with Crippen molar-refractivity contribution in [1.82, 2.24) is 4.57 Å². The highest BCUT2D eigenvalue weighted by atomic mass is 16.4. The van der Waals surface area contributed by atoms with Gasteiger partial charge in [-0.05, 0) is 35.4 Å². The van der Waals surface area contributed by atoms with Crippen molar-refractivity contribution >= 4 is 29.5 Å². The lowest BCUT2D eigenvalue weighted by Crippen LogP contribution is -1.93. The summed E-state index contributed by atoms with van der Waals surface area (Å²) in [5.74, 6) is 0. The molecule has 2 N–H and O–H groups in total. The molecule has 4 aromatic carbocycles. The molecule has 0 fully saturated rings. The average molecular weight is 364 g/mol. The van der Waals surface area contributed by atoms with E-state index >= 15 is 0 Å². The number of hydrogen-bond donors (Lipinski definition) is 2. The summed E-state index contributed by atoms with van der Waals surface area (Å²) in [6.45, 7) is 0. The van der Waals surface area contributed by atoms with Crippen LogP contribution in [0.5, 0.6) is 0 Å². The molecule has 0 aliphatic rings. The van der Waals surface area contributed by atoms with Crippen molar-refractivity contribution in [1.29, 1.82) is 0 Å². The van der Waals surface area contributed by atoms with Crippen LogP contribution in [0, 0.1) is 0 Å². The van der Waals surface area contributed by atoms with E-state index in [2.05, 4.69) is 108 Å². The van der Waals surface area contributed by atoms with E-state index in [1.807, 2.05) is 0 Å². The van der Waals surface area contributed by atoms with Gasteiger partial charge in [-0.3, -0.25) is 0 Å². The fourth-order valence-electron chi connectivity index (χ4n) is 3.63. The van der Waals surface area contributed by atoms with Gasteiger partial charge in [-0.2, -0.15) is 0 Å². The highest BCUT2D eigenvalue weighted by Crippen LogP contribution is 2.32. The molecule has 0 amide bonds. The maximum Gasteiger partial charge on any atom is 0.482 e. The van der Waals surface area contributed by atoms with Gasteiger partial charge < -0.3 is 14.6 Å².